The standard InChI is InChI=1S/C22H29N5O2.2ClH/c1-13-25-17-8-14(6-7-19(17)26(13)2)10-24-22(29)21-16-9-15(11-23-12-16)18-4-3-5-20(28)27(18)21;;/h6-8,15-16,18,21,23H,3-5,9-12H2,1-2H3,(H,24,29);2*1H/t15-,16+,18+,21-;;/m1../s1. The van der Waals surface area contributed by atoms with Gasteiger partial charge in [0.05, 0.1) is 11.0 Å². The summed E-state index contributed by atoms with van der Waals surface area (Å²) in [5, 5.41) is 6.61. The maximum Gasteiger partial charge on any atom is 0.243 e. The number of amides is 2. The summed E-state index contributed by atoms with van der Waals surface area (Å²) < 4.78 is 2.06. The Labute approximate surface area is 195 Å². The van der Waals surface area contributed by atoms with Crippen molar-refractivity contribution in [1.82, 2.24) is 25.1 Å². The third-order valence-corrected chi connectivity index (χ3v) is 7.15. The molecule has 0 radical (unpaired) electrons. The molecule has 1 aromatic carbocycles. The van der Waals surface area contributed by atoms with Crippen LogP contribution in [0.15, 0.2) is 18.2 Å². The molecule has 4 heterocycles. The van der Waals surface area contributed by atoms with Gasteiger partial charge in [0.1, 0.15) is 11.9 Å². The third-order valence-electron chi connectivity index (χ3n) is 7.15. The Morgan fingerprint density at radius 3 is 2.84 bits per heavy atom. The molecule has 31 heavy (non-hydrogen) atoms. The maximum absolute atomic E-state index is 13.2. The van der Waals surface area contributed by atoms with Crippen LogP contribution in [-0.2, 0) is 23.2 Å². The van der Waals surface area contributed by atoms with Gasteiger partial charge in [0.25, 0.3) is 0 Å². The largest absolute Gasteiger partial charge is 0.350 e. The van der Waals surface area contributed by atoms with Gasteiger partial charge < -0.3 is 20.1 Å². The van der Waals surface area contributed by atoms with Gasteiger partial charge in [-0.25, -0.2) is 4.98 Å². The van der Waals surface area contributed by atoms with Crippen molar-refractivity contribution in [2.45, 2.75) is 51.2 Å². The van der Waals surface area contributed by atoms with Crippen LogP contribution >= 0.6 is 24.8 Å². The molecule has 2 amide bonds. The van der Waals surface area contributed by atoms with Gasteiger partial charge in [-0.15, -0.1) is 24.8 Å². The van der Waals surface area contributed by atoms with E-state index in [1.807, 2.05) is 31.0 Å². The van der Waals surface area contributed by atoms with Crippen LogP contribution in [0.5, 0.6) is 0 Å². The number of benzene rings is 1. The second kappa shape index (κ2) is 9.35. The predicted octanol–water partition coefficient (Wildman–Crippen LogP) is 2.33. The molecule has 0 unspecified atom stereocenters. The molecule has 4 atom stereocenters. The first-order valence-corrected chi connectivity index (χ1v) is 10.7. The van der Waals surface area contributed by atoms with Crippen LogP contribution in [-0.4, -0.2) is 51.4 Å². The molecule has 3 aliphatic heterocycles. The monoisotopic (exact) mass is 467 g/mol. The number of fused-ring (bicyclic) bond motifs is 5. The molecule has 3 saturated heterocycles. The lowest BCUT2D eigenvalue weighted by Gasteiger charge is -2.53. The highest BCUT2D eigenvalue weighted by molar-refractivity contribution is 5.89. The quantitative estimate of drug-likeness (QED) is 0.725. The number of aryl methyl sites for hydroxylation is 2. The highest BCUT2D eigenvalue weighted by Crippen LogP contribution is 2.39. The van der Waals surface area contributed by atoms with Crippen LogP contribution in [0.2, 0.25) is 0 Å². The van der Waals surface area contributed by atoms with Crippen LogP contribution in [0.3, 0.4) is 0 Å². The molecule has 2 bridgehead atoms. The molecule has 5 rings (SSSR count). The van der Waals surface area contributed by atoms with Crippen molar-refractivity contribution < 1.29 is 9.59 Å². The number of nitrogens with one attached hydrogen (secondary N) is 2. The van der Waals surface area contributed by atoms with Gasteiger partial charge in [0.15, 0.2) is 0 Å². The normalized spacial score (nSPS) is 27.2. The summed E-state index contributed by atoms with van der Waals surface area (Å²) in [5.74, 6) is 1.79. The summed E-state index contributed by atoms with van der Waals surface area (Å²) in [4.78, 5) is 32.5. The van der Waals surface area contributed by atoms with Crippen molar-refractivity contribution in [2.24, 2.45) is 18.9 Å². The molecule has 2 aromatic rings. The zero-order valence-corrected chi connectivity index (χ0v) is 19.6. The van der Waals surface area contributed by atoms with E-state index in [0.717, 1.165) is 54.8 Å². The van der Waals surface area contributed by atoms with Gasteiger partial charge in [0, 0.05) is 38.5 Å². The minimum atomic E-state index is -0.349. The fourth-order valence-corrected chi connectivity index (χ4v) is 5.62. The Morgan fingerprint density at radius 1 is 1.26 bits per heavy atom. The van der Waals surface area contributed by atoms with E-state index >= 15 is 0 Å². The number of nitrogens with zero attached hydrogens (tertiary/aromatic N) is 3. The summed E-state index contributed by atoms with van der Waals surface area (Å²) in [5.41, 5.74) is 3.06. The molecular formula is C22H31Cl2N5O2. The van der Waals surface area contributed by atoms with Crippen molar-refractivity contribution >= 4 is 47.7 Å². The third kappa shape index (κ3) is 4.15. The summed E-state index contributed by atoms with van der Waals surface area (Å²) in [7, 11) is 2.01. The minimum absolute atomic E-state index is 0. The van der Waals surface area contributed by atoms with Crippen LogP contribution in [0, 0.1) is 18.8 Å². The van der Waals surface area contributed by atoms with Crippen LogP contribution in [0.1, 0.15) is 37.1 Å². The average Bonchev–Trinajstić information content (AvgIpc) is 3.00. The van der Waals surface area contributed by atoms with Gasteiger partial charge in [-0.1, -0.05) is 6.07 Å². The number of piperidine rings is 3. The molecule has 0 saturated carbocycles. The van der Waals surface area contributed by atoms with Gasteiger partial charge in [-0.05, 0) is 56.3 Å². The lowest BCUT2D eigenvalue weighted by atomic mass is 9.72. The van der Waals surface area contributed by atoms with Crippen LogP contribution in [0.25, 0.3) is 11.0 Å². The van der Waals surface area contributed by atoms with Crippen molar-refractivity contribution in [2.75, 3.05) is 13.1 Å². The van der Waals surface area contributed by atoms with E-state index < -0.39 is 0 Å². The first-order chi connectivity index (χ1) is 14.0. The second-order valence-electron chi connectivity index (χ2n) is 8.88. The molecular weight excluding hydrogens is 437 g/mol. The fraction of sp³-hybridized carbons (Fsp3) is 0.591. The number of aromatic nitrogens is 2. The SMILES string of the molecule is Cc1nc2cc(CNC(=O)[C@H]3[C@@H]4CNC[C@@H](C4)[C@@H]4CCCC(=O)N43)ccc2n1C.Cl.Cl. The van der Waals surface area contributed by atoms with Crippen molar-refractivity contribution in [1.29, 1.82) is 0 Å². The van der Waals surface area contributed by atoms with Gasteiger partial charge in [0.2, 0.25) is 11.8 Å². The molecule has 0 spiro atoms. The first kappa shape index (κ1) is 23.8. The van der Waals surface area contributed by atoms with Crippen molar-refractivity contribution in [3.63, 3.8) is 0 Å². The van der Waals surface area contributed by atoms with Crippen molar-refractivity contribution in [3.05, 3.63) is 29.6 Å². The van der Waals surface area contributed by atoms with Crippen molar-refractivity contribution in [3.8, 4) is 0 Å². The molecule has 1 aromatic heterocycles. The summed E-state index contributed by atoms with van der Waals surface area (Å²) in [6.45, 7) is 4.21. The highest BCUT2D eigenvalue weighted by Gasteiger charge is 2.50. The number of halogens is 2. The van der Waals surface area contributed by atoms with Crippen LogP contribution < -0.4 is 10.6 Å². The van der Waals surface area contributed by atoms with Gasteiger partial charge in [-0.3, -0.25) is 9.59 Å². The first-order valence-electron chi connectivity index (χ1n) is 10.7. The Bertz CT molecular complexity index is 978. The Balaban J connectivity index is 0.00000136. The number of imidazole rings is 1. The summed E-state index contributed by atoms with van der Waals surface area (Å²) >= 11 is 0. The topological polar surface area (TPSA) is 79.3 Å². The van der Waals surface area contributed by atoms with E-state index in [2.05, 4.69) is 26.3 Å². The minimum Gasteiger partial charge on any atom is -0.350 e. The van der Waals surface area contributed by atoms with E-state index in [9.17, 15) is 9.59 Å². The molecule has 9 heteroatoms. The van der Waals surface area contributed by atoms with E-state index in [1.165, 1.54) is 0 Å². The maximum atomic E-state index is 13.2. The second-order valence-corrected chi connectivity index (χ2v) is 8.88. The summed E-state index contributed by atoms with van der Waals surface area (Å²) in [6, 6.07) is 5.99. The number of carbonyl (C=O) groups excluding carboxylic acids is 2. The lowest BCUT2D eigenvalue weighted by molar-refractivity contribution is -0.157. The van der Waals surface area contributed by atoms with E-state index in [1.54, 1.807) is 0 Å². The Morgan fingerprint density at radius 2 is 2.03 bits per heavy atom. The number of carbonyl (C=O) groups is 2. The van der Waals surface area contributed by atoms with E-state index in [-0.39, 0.29) is 54.6 Å². The van der Waals surface area contributed by atoms with E-state index in [4.69, 9.17) is 0 Å². The van der Waals surface area contributed by atoms with E-state index in [0.29, 0.717) is 18.9 Å². The smallest absolute Gasteiger partial charge is 0.243 e. The summed E-state index contributed by atoms with van der Waals surface area (Å²) in [6.07, 6.45) is 3.57. The Kier molecular flexibility index (Phi) is 7.18. The fourth-order valence-electron chi connectivity index (χ4n) is 5.62. The number of hydrogen-bond donors (Lipinski definition) is 2. The lowest BCUT2D eigenvalue weighted by Crippen LogP contribution is -2.67. The molecule has 3 fully saturated rings. The number of hydrogen-bond acceptors (Lipinski definition) is 4. The zero-order chi connectivity index (χ0) is 20.1. The highest BCUT2D eigenvalue weighted by atomic mass is 35.5. The predicted molar refractivity (Wildman–Crippen MR) is 125 cm³/mol. The average molecular weight is 468 g/mol. The number of rotatable bonds is 3. The molecule has 170 valence electrons. The van der Waals surface area contributed by atoms with Gasteiger partial charge in [-0.2, -0.15) is 0 Å². The molecule has 3 aliphatic rings. The van der Waals surface area contributed by atoms with Crippen LogP contribution in [0.4, 0.5) is 0 Å². The molecule has 7 nitrogen and oxygen atoms in total. The van der Waals surface area contributed by atoms with Gasteiger partial charge >= 0.3 is 0 Å². The molecule has 0 aliphatic carbocycles. The molecule has 2 N–H and O–H groups in total. The zero-order valence-electron chi connectivity index (χ0n) is 18.0. The Hall–Kier alpha value is -1.83.